The molecule has 0 aromatic carbocycles. The van der Waals surface area contributed by atoms with Gasteiger partial charge in [-0.15, -0.1) is 0 Å². The van der Waals surface area contributed by atoms with E-state index < -0.39 is 24.1 Å². The largest absolute Gasteiger partial charge is 2.00 e. The van der Waals surface area contributed by atoms with Crippen LogP contribution in [-0.2, 0) is 48.5 Å². The van der Waals surface area contributed by atoms with Crippen molar-refractivity contribution in [2.75, 3.05) is 0 Å². The molecule has 0 radical (unpaired) electrons. The summed E-state index contributed by atoms with van der Waals surface area (Å²) in [5.41, 5.74) is 0. The van der Waals surface area contributed by atoms with E-state index in [0.717, 1.165) is 0 Å². The molecule has 0 bridgehead atoms. The van der Waals surface area contributed by atoms with Crippen molar-refractivity contribution >= 4 is 11.9 Å². The molecule has 8 heteroatoms. The van der Waals surface area contributed by atoms with Crippen LogP contribution >= 0.6 is 0 Å². The maximum atomic E-state index is 9.77. The second kappa shape index (κ2) is 20.5. The fraction of sp³-hybridized carbons (Fsp3) is 0.250. The SMILES string of the molecule is O=C(O)C(O)C(O)C(=O)O.[CH3-].[CH3-].[CH3-].[CH3-].[Zn+2].[Zn+2]. The molecule has 0 amide bonds. The number of carboxylic acid groups (broad SMARTS) is 2. The molecule has 4 N–H and O–H groups in total. The minimum absolute atomic E-state index is 0. The Morgan fingerprint density at radius 2 is 0.812 bits per heavy atom. The Kier molecular flexibility index (Phi) is 56.8. The Morgan fingerprint density at radius 3 is 0.875 bits per heavy atom. The minimum Gasteiger partial charge on any atom is -0.479 e. The molecule has 6 nitrogen and oxygen atoms in total. The van der Waals surface area contributed by atoms with Gasteiger partial charge in [-0.25, -0.2) is 9.59 Å². The van der Waals surface area contributed by atoms with E-state index in [-0.39, 0.29) is 68.7 Å². The third-order valence-corrected chi connectivity index (χ3v) is 0.805. The summed E-state index contributed by atoms with van der Waals surface area (Å²) in [6, 6.07) is 0. The smallest absolute Gasteiger partial charge is 0.479 e. The summed E-state index contributed by atoms with van der Waals surface area (Å²) in [5, 5.41) is 32.5. The van der Waals surface area contributed by atoms with Gasteiger partial charge in [0, 0.05) is 0 Å². The molecule has 0 fully saturated rings. The van der Waals surface area contributed by atoms with E-state index in [0.29, 0.717) is 0 Å². The summed E-state index contributed by atoms with van der Waals surface area (Å²) in [4.78, 5) is 19.5. The van der Waals surface area contributed by atoms with Gasteiger partial charge in [-0.2, -0.15) is 0 Å². The predicted molar refractivity (Wildman–Crippen MR) is 52.9 cm³/mol. The molecule has 0 aromatic heterocycles. The van der Waals surface area contributed by atoms with Crippen LogP contribution in [0.15, 0.2) is 0 Å². The van der Waals surface area contributed by atoms with Gasteiger partial charge in [-0.1, -0.05) is 0 Å². The zero-order chi connectivity index (χ0) is 8.31. The summed E-state index contributed by atoms with van der Waals surface area (Å²) in [5.74, 6) is -3.54. The van der Waals surface area contributed by atoms with Crippen molar-refractivity contribution in [3.8, 4) is 0 Å². The van der Waals surface area contributed by atoms with Crippen molar-refractivity contribution in [2.24, 2.45) is 0 Å². The molecule has 0 aliphatic rings. The molecular formula is C8H18O6Zn2. The quantitative estimate of drug-likeness (QED) is 0.413. The van der Waals surface area contributed by atoms with Gasteiger partial charge in [0.15, 0.2) is 12.2 Å². The first-order valence-electron chi connectivity index (χ1n) is 2.28. The van der Waals surface area contributed by atoms with Gasteiger partial charge in [-0.05, 0) is 0 Å². The number of aliphatic carboxylic acids is 2. The van der Waals surface area contributed by atoms with Gasteiger partial charge < -0.3 is 50.1 Å². The van der Waals surface area contributed by atoms with Crippen molar-refractivity contribution in [3.05, 3.63) is 29.7 Å². The molecule has 0 heterocycles. The Morgan fingerprint density at radius 1 is 0.688 bits per heavy atom. The Balaban J connectivity index is -0.0000000270. The Bertz CT molecular complexity index is 147. The molecule has 2 atom stereocenters. The zero-order valence-corrected chi connectivity index (χ0v) is 16.1. The number of aliphatic hydroxyl groups is 2. The molecule has 0 saturated heterocycles. The molecule has 0 aliphatic heterocycles. The monoisotopic (exact) mass is 338 g/mol. The van der Waals surface area contributed by atoms with E-state index in [1.54, 1.807) is 0 Å². The number of carboxylic acids is 2. The van der Waals surface area contributed by atoms with Gasteiger partial charge in [0.1, 0.15) is 0 Å². The van der Waals surface area contributed by atoms with Gasteiger partial charge in [0.05, 0.1) is 0 Å². The fourth-order valence-electron chi connectivity index (χ4n) is 0.270. The maximum absolute atomic E-state index is 9.77. The third kappa shape index (κ3) is 16.5. The molecule has 0 saturated carbocycles. The molecule has 90 valence electrons. The number of carbonyl (C=O) groups is 2. The Hall–Kier alpha value is 0.107. The summed E-state index contributed by atoms with van der Waals surface area (Å²) in [7, 11) is 0. The fourth-order valence-corrected chi connectivity index (χ4v) is 0.270. The molecule has 0 spiro atoms. The van der Waals surface area contributed by atoms with E-state index in [1.807, 2.05) is 0 Å². The Labute approximate surface area is 123 Å². The number of hydrogen-bond acceptors (Lipinski definition) is 4. The first kappa shape index (κ1) is 44.3. The van der Waals surface area contributed by atoms with Crippen LogP contribution < -0.4 is 0 Å². The third-order valence-electron chi connectivity index (χ3n) is 0.805. The van der Waals surface area contributed by atoms with Crippen molar-refractivity contribution in [2.45, 2.75) is 12.2 Å². The number of hydrogen-bond donors (Lipinski definition) is 4. The zero-order valence-electron chi connectivity index (χ0n) is 10.2. The van der Waals surface area contributed by atoms with Crippen molar-refractivity contribution in [1.29, 1.82) is 0 Å². The van der Waals surface area contributed by atoms with Gasteiger partial charge in [0.2, 0.25) is 0 Å². The molecule has 0 aliphatic carbocycles. The first-order valence-corrected chi connectivity index (χ1v) is 2.28. The van der Waals surface area contributed by atoms with Crippen molar-refractivity contribution in [1.82, 2.24) is 0 Å². The topological polar surface area (TPSA) is 115 Å². The second-order valence-corrected chi connectivity index (χ2v) is 1.57. The molecular weight excluding hydrogens is 323 g/mol. The van der Waals surface area contributed by atoms with Crippen LogP contribution in [0.1, 0.15) is 0 Å². The molecule has 2 unspecified atom stereocenters. The van der Waals surface area contributed by atoms with Crippen LogP contribution in [0.25, 0.3) is 0 Å². The van der Waals surface area contributed by atoms with E-state index >= 15 is 0 Å². The molecule has 0 aromatic rings. The molecule has 16 heavy (non-hydrogen) atoms. The molecule has 0 rings (SSSR count). The first-order chi connectivity index (χ1) is 4.46. The summed E-state index contributed by atoms with van der Waals surface area (Å²) < 4.78 is 0. The number of aliphatic hydroxyl groups excluding tert-OH is 2. The second-order valence-electron chi connectivity index (χ2n) is 1.57. The van der Waals surface area contributed by atoms with Gasteiger partial charge in [0.25, 0.3) is 0 Å². The van der Waals surface area contributed by atoms with E-state index in [9.17, 15) is 9.59 Å². The van der Waals surface area contributed by atoms with Gasteiger partial charge in [-0.3, -0.25) is 0 Å². The van der Waals surface area contributed by atoms with Crippen LogP contribution in [0.2, 0.25) is 0 Å². The van der Waals surface area contributed by atoms with Crippen LogP contribution in [0, 0.1) is 29.7 Å². The van der Waals surface area contributed by atoms with E-state index in [2.05, 4.69) is 0 Å². The average molecular weight is 341 g/mol. The van der Waals surface area contributed by atoms with Crippen LogP contribution in [0.5, 0.6) is 0 Å². The van der Waals surface area contributed by atoms with Crippen molar-refractivity contribution in [3.63, 3.8) is 0 Å². The standard InChI is InChI=1S/C4H6O6.4CH3.2Zn/c5-1(3(7)8)2(6)4(9)10;;;;;;/h1-2,5-6H,(H,7,8)(H,9,10);4*1H3;;/q;4*-1;2*+2. The minimum atomic E-state index is -2.27. The van der Waals surface area contributed by atoms with E-state index in [4.69, 9.17) is 20.4 Å². The van der Waals surface area contributed by atoms with Crippen LogP contribution in [-0.4, -0.2) is 44.6 Å². The summed E-state index contributed by atoms with van der Waals surface area (Å²) in [6.07, 6.45) is -4.53. The summed E-state index contributed by atoms with van der Waals surface area (Å²) in [6.45, 7) is 0. The van der Waals surface area contributed by atoms with Gasteiger partial charge >= 0.3 is 50.9 Å². The van der Waals surface area contributed by atoms with Crippen LogP contribution in [0.3, 0.4) is 0 Å². The normalized spacial score (nSPS) is 9.88. The predicted octanol–water partition coefficient (Wildman–Crippen LogP) is -0.326. The van der Waals surface area contributed by atoms with Crippen molar-refractivity contribution < 1.29 is 69.0 Å². The summed E-state index contributed by atoms with van der Waals surface area (Å²) >= 11 is 0. The maximum Gasteiger partial charge on any atom is 2.00 e. The average Bonchev–Trinajstić information content (AvgIpc) is 1.84. The van der Waals surface area contributed by atoms with Crippen LogP contribution in [0.4, 0.5) is 0 Å². The number of rotatable bonds is 3. The van der Waals surface area contributed by atoms with E-state index in [1.165, 1.54) is 0 Å².